The summed E-state index contributed by atoms with van der Waals surface area (Å²) in [6.07, 6.45) is -0.0505. The number of esters is 1. The highest BCUT2D eigenvalue weighted by Crippen LogP contribution is 2.33. The lowest BCUT2D eigenvalue weighted by Crippen LogP contribution is -2.26. The molecule has 0 amide bonds. The van der Waals surface area contributed by atoms with E-state index in [0.29, 0.717) is 24.4 Å². The van der Waals surface area contributed by atoms with Crippen LogP contribution in [0.5, 0.6) is 5.75 Å². The van der Waals surface area contributed by atoms with E-state index >= 15 is 0 Å². The molecule has 3 aromatic rings. The largest absolute Gasteiger partial charge is 0.479 e. The number of benzene rings is 2. The first kappa shape index (κ1) is 18.7. The SMILES string of the molecule is CCOC(=O)[C@H](C)Oc1cc2oc(=O)cc(-c3ccccc3)c2cc1CC. The molecule has 0 fully saturated rings. The molecule has 5 nitrogen and oxygen atoms in total. The molecule has 2 aromatic carbocycles. The first-order chi connectivity index (χ1) is 13.0. The molecular weight excluding hydrogens is 344 g/mol. The third-order valence-electron chi connectivity index (χ3n) is 4.31. The van der Waals surface area contributed by atoms with Crippen LogP contribution in [0.25, 0.3) is 22.1 Å². The van der Waals surface area contributed by atoms with Crippen LogP contribution in [0, 0.1) is 0 Å². The zero-order valence-corrected chi connectivity index (χ0v) is 15.7. The highest BCUT2D eigenvalue weighted by molar-refractivity contribution is 5.94. The van der Waals surface area contributed by atoms with Gasteiger partial charge in [-0.05, 0) is 43.0 Å². The molecule has 0 saturated carbocycles. The first-order valence-corrected chi connectivity index (χ1v) is 9.03. The van der Waals surface area contributed by atoms with Gasteiger partial charge in [-0.1, -0.05) is 37.3 Å². The van der Waals surface area contributed by atoms with Gasteiger partial charge in [0, 0.05) is 17.5 Å². The predicted octanol–water partition coefficient (Wildman–Crippen LogP) is 4.35. The maximum atomic E-state index is 12.1. The summed E-state index contributed by atoms with van der Waals surface area (Å²) in [5.74, 6) is 0.0815. The number of fused-ring (bicyclic) bond motifs is 1. The van der Waals surface area contributed by atoms with E-state index < -0.39 is 17.7 Å². The van der Waals surface area contributed by atoms with Crippen molar-refractivity contribution in [2.75, 3.05) is 6.61 Å². The van der Waals surface area contributed by atoms with Crippen molar-refractivity contribution in [1.82, 2.24) is 0 Å². The lowest BCUT2D eigenvalue weighted by molar-refractivity contribution is -0.150. The number of hydrogen-bond donors (Lipinski definition) is 0. The van der Waals surface area contributed by atoms with E-state index in [1.165, 1.54) is 6.07 Å². The average molecular weight is 366 g/mol. The van der Waals surface area contributed by atoms with Gasteiger partial charge in [0.15, 0.2) is 6.10 Å². The molecule has 0 N–H and O–H groups in total. The second-order valence-electron chi connectivity index (χ2n) is 6.17. The molecule has 27 heavy (non-hydrogen) atoms. The second-order valence-corrected chi connectivity index (χ2v) is 6.17. The third kappa shape index (κ3) is 4.03. The summed E-state index contributed by atoms with van der Waals surface area (Å²) < 4.78 is 16.2. The minimum absolute atomic E-state index is 0.292. The van der Waals surface area contributed by atoms with Gasteiger partial charge < -0.3 is 13.9 Å². The standard InChI is InChI=1S/C22H22O5/c1-4-15-11-18-17(16-9-7-6-8-10-16)12-21(23)27-20(18)13-19(15)26-14(3)22(24)25-5-2/h6-14H,4-5H2,1-3H3/t14-/m0/s1. The van der Waals surface area contributed by atoms with E-state index in [1.54, 1.807) is 19.9 Å². The Hall–Kier alpha value is -3.08. The Morgan fingerprint density at radius 1 is 1.11 bits per heavy atom. The predicted molar refractivity (Wildman–Crippen MR) is 104 cm³/mol. The average Bonchev–Trinajstić information content (AvgIpc) is 2.67. The van der Waals surface area contributed by atoms with Crippen molar-refractivity contribution in [1.29, 1.82) is 0 Å². The van der Waals surface area contributed by atoms with Gasteiger partial charge in [-0.15, -0.1) is 0 Å². The van der Waals surface area contributed by atoms with Crippen molar-refractivity contribution in [3.63, 3.8) is 0 Å². The zero-order chi connectivity index (χ0) is 19.4. The lowest BCUT2D eigenvalue weighted by atomic mass is 9.99. The highest BCUT2D eigenvalue weighted by Gasteiger charge is 2.19. The van der Waals surface area contributed by atoms with Crippen LogP contribution in [0.1, 0.15) is 26.3 Å². The number of hydrogen-bond acceptors (Lipinski definition) is 5. The Morgan fingerprint density at radius 2 is 1.85 bits per heavy atom. The Labute approximate surface area is 157 Å². The molecule has 1 heterocycles. The molecule has 0 saturated heterocycles. The van der Waals surface area contributed by atoms with Crippen LogP contribution in [0.4, 0.5) is 0 Å². The molecular formula is C22H22O5. The molecule has 0 radical (unpaired) electrons. The van der Waals surface area contributed by atoms with Gasteiger partial charge in [0.05, 0.1) is 6.61 Å². The fourth-order valence-corrected chi connectivity index (χ4v) is 2.98. The molecule has 5 heteroatoms. The maximum absolute atomic E-state index is 12.1. The van der Waals surface area contributed by atoms with Crippen molar-refractivity contribution in [2.45, 2.75) is 33.3 Å². The number of carbonyl (C=O) groups excluding carboxylic acids is 1. The van der Waals surface area contributed by atoms with E-state index in [9.17, 15) is 9.59 Å². The Morgan fingerprint density at radius 3 is 2.52 bits per heavy atom. The normalized spacial score (nSPS) is 12.0. The van der Waals surface area contributed by atoms with Crippen molar-refractivity contribution in [3.8, 4) is 16.9 Å². The van der Waals surface area contributed by atoms with Gasteiger partial charge in [0.2, 0.25) is 0 Å². The number of rotatable bonds is 6. The minimum Gasteiger partial charge on any atom is -0.479 e. The molecule has 0 bridgehead atoms. The van der Waals surface area contributed by atoms with Crippen LogP contribution in [0.3, 0.4) is 0 Å². The maximum Gasteiger partial charge on any atom is 0.347 e. The molecule has 1 aromatic heterocycles. The van der Waals surface area contributed by atoms with Gasteiger partial charge >= 0.3 is 11.6 Å². The van der Waals surface area contributed by atoms with Crippen LogP contribution in [0.2, 0.25) is 0 Å². The van der Waals surface area contributed by atoms with E-state index in [2.05, 4.69) is 0 Å². The van der Waals surface area contributed by atoms with Crippen molar-refractivity contribution >= 4 is 16.9 Å². The van der Waals surface area contributed by atoms with Crippen LogP contribution in [-0.2, 0) is 16.0 Å². The fourth-order valence-electron chi connectivity index (χ4n) is 2.98. The van der Waals surface area contributed by atoms with Gasteiger partial charge in [0.1, 0.15) is 11.3 Å². The summed E-state index contributed by atoms with van der Waals surface area (Å²) in [7, 11) is 0. The van der Waals surface area contributed by atoms with Crippen LogP contribution in [-0.4, -0.2) is 18.7 Å². The van der Waals surface area contributed by atoms with Crippen LogP contribution < -0.4 is 10.4 Å². The van der Waals surface area contributed by atoms with Crippen molar-refractivity contribution in [3.05, 3.63) is 64.5 Å². The summed E-state index contributed by atoms with van der Waals surface area (Å²) in [6, 6.07) is 14.8. The van der Waals surface area contributed by atoms with Crippen molar-refractivity contribution in [2.24, 2.45) is 0 Å². The number of carbonyl (C=O) groups is 1. The summed E-state index contributed by atoms with van der Waals surface area (Å²) in [4.78, 5) is 24.0. The molecule has 0 aliphatic rings. The Balaban J connectivity index is 2.11. The highest BCUT2D eigenvalue weighted by atomic mass is 16.6. The quantitative estimate of drug-likeness (QED) is 0.479. The van der Waals surface area contributed by atoms with Crippen molar-refractivity contribution < 1.29 is 18.7 Å². The molecule has 0 aliphatic heterocycles. The van der Waals surface area contributed by atoms with Gasteiger partial charge in [-0.2, -0.15) is 0 Å². The zero-order valence-electron chi connectivity index (χ0n) is 15.7. The van der Waals surface area contributed by atoms with Gasteiger partial charge in [0.25, 0.3) is 0 Å². The monoisotopic (exact) mass is 366 g/mol. The smallest absolute Gasteiger partial charge is 0.347 e. The first-order valence-electron chi connectivity index (χ1n) is 9.03. The summed E-state index contributed by atoms with van der Waals surface area (Å²) in [6.45, 7) is 5.68. The molecule has 0 spiro atoms. The number of ether oxygens (including phenoxy) is 2. The van der Waals surface area contributed by atoms with Crippen LogP contribution >= 0.6 is 0 Å². The topological polar surface area (TPSA) is 65.7 Å². The van der Waals surface area contributed by atoms with E-state index in [4.69, 9.17) is 13.9 Å². The molecule has 1 atom stereocenters. The van der Waals surface area contributed by atoms with Crippen LogP contribution in [0.15, 0.2) is 57.7 Å². The van der Waals surface area contributed by atoms with E-state index in [1.807, 2.05) is 43.3 Å². The number of aryl methyl sites for hydroxylation is 1. The Kier molecular flexibility index (Phi) is 5.60. The second kappa shape index (κ2) is 8.08. The molecule has 3 rings (SSSR count). The minimum atomic E-state index is -0.753. The summed E-state index contributed by atoms with van der Waals surface area (Å²) in [5, 5.41) is 0.828. The van der Waals surface area contributed by atoms with E-state index in [-0.39, 0.29) is 0 Å². The molecule has 0 aliphatic carbocycles. The molecule has 140 valence electrons. The fraction of sp³-hybridized carbons (Fsp3) is 0.273. The lowest BCUT2D eigenvalue weighted by Gasteiger charge is -2.17. The Bertz CT molecular complexity index is 1000. The van der Waals surface area contributed by atoms with E-state index in [0.717, 1.165) is 22.1 Å². The third-order valence-corrected chi connectivity index (χ3v) is 4.31. The van der Waals surface area contributed by atoms with Gasteiger partial charge in [-0.3, -0.25) is 0 Å². The summed E-state index contributed by atoms with van der Waals surface area (Å²) >= 11 is 0. The molecule has 0 unspecified atom stereocenters. The summed E-state index contributed by atoms with van der Waals surface area (Å²) in [5.41, 5.74) is 2.65. The van der Waals surface area contributed by atoms with Gasteiger partial charge in [-0.25, -0.2) is 9.59 Å².